The fraction of sp³-hybridized carbons (Fsp3) is 0.577. The molecule has 0 atom stereocenters. The second-order valence-corrected chi connectivity index (χ2v) is 13.3. The molecule has 0 heterocycles. The van der Waals surface area contributed by atoms with Crippen LogP contribution in [0.25, 0.3) is 0 Å². The lowest BCUT2D eigenvalue weighted by atomic mass is 10.0. The number of aryl methyl sites for hydroxylation is 2. The Morgan fingerprint density at radius 1 is 0.741 bits per heavy atom. The minimum atomic E-state index is -1.62. The molecule has 2 rings (SSSR count). The van der Waals surface area contributed by atoms with Crippen LogP contribution in [0.5, 0.6) is 0 Å². The molecule has 0 saturated carbocycles. The van der Waals surface area contributed by atoms with Crippen molar-refractivity contribution < 1.29 is 0 Å². The zero-order chi connectivity index (χ0) is 19.7. The molecular weight excluding hydrogens is 340 g/mol. The quantitative estimate of drug-likeness (QED) is 0.260. The summed E-state index contributed by atoms with van der Waals surface area (Å²) in [6.45, 7) is 11.9. The van der Waals surface area contributed by atoms with Gasteiger partial charge < -0.3 is 0 Å². The summed E-state index contributed by atoms with van der Waals surface area (Å²) < 4.78 is 0. The van der Waals surface area contributed by atoms with Crippen molar-refractivity contribution in [1.29, 1.82) is 0 Å². The van der Waals surface area contributed by atoms with E-state index >= 15 is 0 Å². The Balaban J connectivity index is 2.20. The molecular formula is C26H41Si. The normalized spacial score (nSPS) is 14.8. The third-order valence-corrected chi connectivity index (χ3v) is 9.76. The van der Waals surface area contributed by atoms with E-state index in [-0.39, 0.29) is 0 Å². The maximum atomic E-state index is 2.56. The lowest BCUT2D eigenvalue weighted by molar-refractivity contribution is 0.661. The van der Waals surface area contributed by atoms with E-state index in [2.05, 4.69) is 70.3 Å². The second kappa shape index (κ2) is 11.0. The topological polar surface area (TPSA) is 0 Å². The summed E-state index contributed by atoms with van der Waals surface area (Å²) in [5.74, 6) is 0. The fourth-order valence-corrected chi connectivity index (χ4v) is 7.28. The van der Waals surface area contributed by atoms with Crippen molar-refractivity contribution in [2.24, 2.45) is 0 Å². The number of benzene rings is 1. The number of unbranched alkanes of at least 4 members (excludes halogenated alkanes) is 6. The van der Waals surface area contributed by atoms with E-state index in [1.165, 1.54) is 69.8 Å². The summed E-state index contributed by atoms with van der Waals surface area (Å²) >= 11 is 0. The van der Waals surface area contributed by atoms with Crippen LogP contribution in [0, 0.1) is 5.54 Å². The standard InChI is InChI=1S/C26H41Si/c1-6-8-10-12-16-23-19-24(17-13-11-9-7-2)21-25(20-23)27(4,5)26-18-14-15-22(26)3/h14-15,18-21H,6-13,16-17H2,1-5H3. The van der Waals surface area contributed by atoms with Gasteiger partial charge in [-0.15, -0.1) is 0 Å². The van der Waals surface area contributed by atoms with Gasteiger partial charge in [-0.05, 0) is 43.7 Å². The van der Waals surface area contributed by atoms with Crippen LogP contribution in [0.2, 0.25) is 13.1 Å². The Bertz CT molecular complexity index is 605. The third-order valence-electron chi connectivity index (χ3n) is 6.12. The highest BCUT2D eigenvalue weighted by molar-refractivity contribution is 6.95. The molecule has 27 heavy (non-hydrogen) atoms. The van der Waals surface area contributed by atoms with Gasteiger partial charge in [0.15, 0.2) is 0 Å². The first-order valence-electron chi connectivity index (χ1n) is 11.3. The van der Waals surface area contributed by atoms with Crippen LogP contribution >= 0.6 is 0 Å². The molecule has 0 fully saturated rings. The Labute approximate surface area is 170 Å². The monoisotopic (exact) mass is 381 g/mol. The van der Waals surface area contributed by atoms with Gasteiger partial charge in [-0.25, -0.2) is 0 Å². The molecule has 0 aromatic heterocycles. The Morgan fingerprint density at radius 3 is 1.74 bits per heavy atom. The maximum absolute atomic E-state index is 2.56. The first-order chi connectivity index (χ1) is 13.0. The minimum Gasteiger partial charge on any atom is -0.0757 e. The van der Waals surface area contributed by atoms with Crippen molar-refractivity contribution in [3.63, 3.8) is 0 Å². The molecule has 0 spiro atoms. The van der Waals surface area contributed by atoms with E-state index in [9.17, 15) is 0 Å². The van der Waals surface area contributed by atoms with Crippen LogP contribution in [0.4, 0.5) is 0 Å². The lowest BCUT2D eigenvalue weighted by Gasteiger charge is -2.31. The van der Waals surface area contributed by atoms with E-state index in [1.807, 2.05) is 0 Å². The summed E-state index contributed by atoms with van der Waals surface area (Å²) in [6, 6.07) is 7.63. The number of allylic oxidation sites excluding steroid dienone is 4. The van der Waals surface area contributed by atoms with Gasteiger partial charge in [0.1, 0.15) is 0 Å². The molecule has 0 amide bonds. The van der Waals surface area contributed by atoms with E-state index in [0.29, 0.717) is 0 Å². The first kappa shape index (κ1) is 22.2. The van der Waals surface area contributed by atoms with Gasteiger partial charge >= 0.3 is 0 Å². The predicted molar refractivity (Wildman–Crippen MR) is 125 cm³/mol. The molecule has 0 nitrogen and oxygen atoms in total. The average Bonchev–Trinajstić information content (AvgIpc) is 3.09. The molecule has 1 aromatic rings. The van der Waals surface area contributed by atoms with Crippen LogP contribution in [-0.2, 0) is 12.8 Å². The van der Waals surface area contributed by atoms with Crippen LogP contribution in [0.1, 0.15) is 83.3 Å². The van der Waals surface area contributed by atoms with Gasteiger partial charge in [-0.1, -0.05) is 113 Å². The van der Waals surface area contributed by atoms with Gasteiger partial charge in [0.2, 0.25) is 0 Å². The number of rotatable bonds is 12. The summed E-state index contributed by atoms with van der Waals surface area (Å²) in [7, 11) is -1.62. The molecule has 0 N–H and O–H groups in total. The molecule has 1 aliphatic carbocycles. The Hall–Kier alpha value is -1.08. The van der Waals surface area contributed by atoms with Crippen molar-refractivity contribution in [3.05, 3.63) is 58.7 Å². The maximum Gasteiger partial charge on any atom is 0.0962 e. The summed E-state index contributed by atoms with van der Waals surface area (Å²) in [4.78, 5) is 0. The molecule has 1 radical (unpaired) electrons. The third kappa shape index (κ3) is 6.49. The Kier molecular flexibility index (Phi) is 9.09. The molecule has 1 heteroatoms. The van der Waals surface area contributed by atoms with Gasteiger partial charge in [0, 0.05) is 5.54 Å². The van der Waals surface area contributed by atoms with Crippen molar-refractivity contribution >= 4 is 13.3 Å². The zero-order valence-electron chi connectivity index (χ0n) is 18.5. The SMILES string of the molecule is CCCCCCc1cc(CCCCCC)cc([Si](C)(C)[C]2C=CC=C2C)c1. The second-order valence-electron chi connectivity index (χ2n) is 8.91. The summed E-state index contributed by atoms with van der Waals surface area (Å²) in [5, 5.41) is 1.63. The van der Waals surface area contributed by atoms with E-state index in [4.69, 9.17) is 0 Å². The minimum absolute atomic E-state index is 1.25. The van der Waals surface area contributed by atoms with Crippen LogP contribution < -0.4 is 5.19 Å². The largest absolute Gasteiger partial charge is 0.0962 e. The molecule has 149 valence electrons. The van der Waals surface area contributed by atoms with Gasteiger partial charge in [0.05, 0.1) is 8.07 Å². The summed E-state index contributed by atoms with van der Waals surface area (Å²) in [5.41, 5.74) is 6.25. The number of hydrogen-bond acceptors (Lipinski definition) is 0. The highest BCUT2D eigenvalue weighted by Crippen LogP contribution is 2.31. The highest BCUT2D eigenvalue weighted by Gasteiger charge is 2.35. The number of hydrogen-bond donors (Lipinski definition) is 0. The van der Waals surface area contributed by atoms with Crippen molar-refractivity contribution in [2.75, 3.05) is 0 Å². The zero-order valence-corrected chi connectivity index (χ0v) is 19.5. The molecule has 0 saturated heterocycles. The van der Waals surface area contributed by atoms with Gasteiger partial charge in [-0.2, -0.15) is 0 Å². The lowest BCUT2D eigenvalue weighted by Crippen LogP contribution is -2.47. The smallest absolute Gasteiger partial charge is 0.0757 e. The van der Waals surface area contributed by atoms with Crippen molar-refractivity contribution in [1.82, 2.24) is 0 Å². The molecule has 0 unspecified atom stereocenters. The fourth-order valence-electron chi connectivity index (χ4n) is 4.29. The van der Waals surface area contributed by atoms with Gasteiger partial charge in [0.25, 0.3) is 0 Å². The molecule has 0 aliphatic heterocycles. The van der Waals surface area contributed by atoms with E-state index in [0.717, 1.165) is 0 Å². The first-order valence-corrected chi connectivity index (χ1v) is 14.3. The predicted octanol–water partition coefficient (Wildman–Crippen LogP) is 7.48. The molecule has 1 aromatic carbocycles. The van der Waals surface area contributed by atoms with Crippen molar-refractivity contribution in [2.45, 2.75) is 98.1 Å². The molecule has 1 aliphatic rings. The highest BCUT2D eigenvalue weighted by atomic mass is 28.3. The van der Waals surface area contributed by atoms with Gasteiger partial charge in [-0.3, -0.25) is 0 Å². The summed E-state index contributed by atoms with van der Waals surface area (Å²) in [6.07, 6.45) is 20.2. The Morgan fingerprint density at radius 2 is 1.30 bits per heavy atom. The van der Waals surface area contributed by atoms with Crippen LogP contribution in [0.3, 0.4) is 0 Å². The van der Waals surface area contributed by atoms with E-state index in [1.54, 1.807) is 21.9 Å². The van der Waals surface area contributed by atoms with Crippen molar-refractivity contribution in [3.8, 4) is 0 Å². The average molecular weight is 382 g/mol. The molecule has 0 bridgehead atoms. The van der Waals surface area contributed by atoms with Crippen LogP contribution in [0.15, 0.2) is 42.0 Å². The van der Waals surface area contributed by atoms with Crippen LogP contribution in [-0.4, -0.2) is 8.07 Å². The van der Waals surface area contributed by atoms with E-state index < -0.39 is 8.07 Å².